The standard InChI is InChI=1S/C16H11BrO5S/c17-15-5-4-14(23-15)11(18)8-20-16(19)6-2-10-1-3-12-13(7-10)22-9-21-12/h1-7H,8-9H2/b6-2+. The molecule has 0 aliphatic carbocycles. The van der Waals surface area contributed by atoms with Crippen LogP contribution in [0.5, 0.6) is 11.5 Å². The Bertz CT molecular complexity index is 781. The Labute approximate surface area is 144 Å². The van der Waals surface area contributed by atoms with Crippen molar-refractivity contribution in [3.8, 4) is 11.5 Å². The second kappa shape index (κ2) is 6.97. The zero-order chi connectivity index (χ0) is 16.2. The number of ketones is 1. The Hall–Kier alpha value is -2.12. The lowest BCUT2D eigenvalue weighted by atomic mass is 10.2. The first-order chi connectivity index (χ1) is 11.1. The minimum absolute atomic E-state index is 0.200. The first-order valence-corrected chi connectivity index (χ1v) is 8.26. The van der Waals surface area contributed by atoms with Crippen molar-refractivity contribution in [2.24, 2.45) is 0 Å². The molecule has 0 radical (unpaired) electrons. The maximum Gasteiger partial charge on any atom is 0.331 e. The summed E-state index contributed by atoms with van der Waals surface area (Å²) < 4.78 is 16.3. The van der Waals surface area contributed by atoms with E-state index in [4.69, 9.17) is 14.2 Å². The molecule has 0 N–H and O–H groups in total. The number of ether oxygens (including phenoxy) is 3. The van der Waals surface area contributed by atoms with Crippen LogP contribution in [-0.2, 0) is 9.53 Å². The molecule has 0 bridgehead atoms. The summed E-state index contributed by atoms with van der Waals surface area (Å²) in [5, 5.41) is 0. The van der Waals surface area contributed by atoms with Gasteiger partial charge in [0.1, 0.15) is 0 Å². The van der Waals surface area contributed by atoms with E-state index >= 15 is 0 Å². The lowest BCUT2D eigenvalue weighted by Crippen LogP contribution is -2.11. The van der Waals surface area contributed by atoms with E-state index in [1.807, 2.05) is 0 Å². The number of Topliss-reactive ketones (excluding diaryl/α,β-unsaturated/α-hetero) is 1. The van der Waals surface area contributed by atoms with Crippen LogP contribution in [0.4, 0.5) is 0 Å². The maximum absolute atomic E-state index is 11.8. The highest BCUT2D eigenvalue weighted by Crippen LogP contribution is 2.32. The number of carbonyl (C=O) groups is 2. The SMILES string of the molecule is O=C(/C=C/c1ccc2c(c1)OCO2)OCC(=O)c1ccc(Br)s1. The zero-order valence-corrected chi connectivity index (χ0v) is 14.2. The van der Waals surface area contributed by atoms with Crippen LogP contribution in [-0.4, -0.2) is 25.2 Å². The van der Waals surface area contributed by atoms with E-state index in [1.54, 1.807) is 36.4 Å². The molecular formula is C16H11BrO5S. The van der Waals surface area contributed by atoms with Crippen molar-refractivity contribution >= 4 is 45.1 Å². The highest BCUT2D eigenvalue weighted by molar-refractivity contribution is 9.11. The van der Waals surface area contributed by atoms with Crippen molar-refractivity contribution in [3.63, 3.8) is 0 Å². The number of hydrogen-bond acceptors (Lipinski definition) is 6. The molecule has 1 aromatic heterocycles. The summed E-state index contributed by atoms with van der Waals surface area (Å²) in [6.07, 6.45) is 2.87. The Balaban J connectivity index is 1.54. The number of halogens is 1. The second-order valence-corrected chi connectivity index (χ2v) is 7.04. The van der Waals surface area contributed by atoms with Crippen molar-refractivity contribution in [2.75, 3.05) is 13.4 Å². The van der Waals surface area contributed by atoms with Gasteiger partial charge >= 0.3 is 5.97 Å². The summed E-state index contributed by atoms with van der Waals surface area (Å²) in [6, 6.07) is 8.80. The average Bonchev–Trinajstić information content (AvgIpc) is 3.18. The Morgan fingerprint density at radius 3 is 2.83 bits per heavy atom. The van der Waals surface area contributed by atoms with Gasteiger partial charge in [-0.25, -0.2) is 4.79 Å². The number of carbonyl (C=O) groups excluding carboxylic acids is 2. The third kappa shape index (κ3) is 4.00. The van der Waals surface area contributed by atoms with Crippen molar-refractivity contribution in [2.45, 2.75) is 0 Å². The largest absolute Gasteiger partial charge is 0.454 e. The molecule has 7 heteroatoms. The molecule has 2 heterocycles. The van der Waals surface area contributed by atoms with E-state index in [0.29, 0.717) is 16.4 Å². The Kier molecular flexibility index (Phi) is 4.78. The Morgan fingerprint density at radius 1 is 1.22 bits per heavy atom. The monoisotopic (exact) mass is 394 g/mol. The van der Waals surface area contributed by atoms with Crippen molar-refractivity contribution < 1.29 is 23.8 Å². The van der Waals surface area contributed by atoms with Crippen molar-refractivity contribution in [3.05, 3.63) is 50.6 Å². The molecule has 0 saturated heterocycles. The highest BCUT2D eigenvalue weighted by atomic mass is 79.9. The average molecular weight is 395 g/mol. The van der Waals surface area contributed by atoms with Gasteiger partial charge in [0.05, 0.1) is 8.66 Å². The van der Waals surface area contributed by atoms with E-state index in [-0.39, 0.29) is 19.2 Å². The van der Waals surface area contributed by atoms with Gasteiger partial charge in [0.15, 0.2) is 18.1 Å². The fraction of sp³-hybridized carbons (Fsp3) is 0.125. The molecule has 0 unspecified atom stereocenters. The molecule has 1 aliphatic rings. The normalized spacial score (nSPS) is 12.6. The van der Waals surface area contributed by atoms with Crippen LogP contribution in [0.2, 0.25) is 0 Å². The van der Waals surface area contributed by atoms with Gasteiger partial charge in [-0.2, -0.15) is 0 Å². The summed E-state index contributed by atoms with van der Waals surface area (Å²) in [6.45, 7) is -0.0806. The number of rotatable bonds is 5. The van der Waals surface area contributed by atoms with Gasteiger partial charge in [-0.3, -0.25) is 4.79 Å². The molecule has 0 fully saturated rings. The van der Waals surface area contributed by atoms with E-state index in [2.05, 4.69) is 15.9 Å². The molecule has 1 aliphatic heterocycles. The molecular weight excluding hydrogens is 384 g/mol. The van der Waals surface area contributed by atoms with E-state index in [1.165, 1.54) is 17.4 Å². The van der Waals surface area contributed by atoms with Gasteiger partial charge in [0, 0.05) is 6.08 Å². The van der Waals surface area contributed by atoms with Gasteiger partial charge in [-0.15, -0.1) is 11.3 Å². The van der Waals surface area contributed by atoms with Gasteiger partial charge in [-0.05, 0) is 51.8 Å². The number of esters is 1. The highest BCUT2D eigenvalue weighted by Gasteiger charge is 2.13. The van der Waals surface area contributed by atoms with E-state index in [0.717, 1.165) is 9.35 Å². The lowest BCUT2D eigenvalue weighted by Gasteiger charge is -2.00. The number of thiophene rings is 1. The number of benzene rings is 1. The number of hydrogen-bond donors (Lipinski definition) is 0. The number of fused-ring (bicyclic) bond motifs is 1. The zero-order valence-electron chi connectivity index (χ0n) is 11.8. The molecule has 1 aromatic carbocycles. The molecule has 0 amide bonds. The van der Waals surface area contributed by atoms with Crippen LogP contribution >= 0.6 is 27.3 Å². The van der Waals surface area contributed by atoms with Crippen LogP contribution < -0.4 is 9.47 Å². The fourth-order valence-electron chi connectivity index (χ4n) is 1.90. The molecule has 118 valence electrons. The minimum Gasteiger partial charge on any atom is -0.454 e. The topological polar surface area (TPSA) is 61.8 Å². The van der Waals surface area contributed by atoms with Crippen molar-refractivity contribution in [1.29, 1.82) is 0 Å². The van der Waals surface area contributed by atoms with Crippen LogP contribution in [0.1, 0.15) is 15.2 Å². The van der Waals surface area contributed by atoms with Crippen LogP contribution in [0.25, 0.3) is 6.08 Å². The fourth-order valence-corrected chi connectivity index (χ4v) is 3.21. The van der Waals surface area contributed by atoms with Gasteiger partial charge in [0.25, 0.3) is 0 Å². The predicted molar refractivity (Wildman–Crippen MR) is 88.9 cm³/mol. The molecule has 2 aromatic rings. The van der Waals surface area contributed by atoms with Gasteiger partial charge in [-0.1, -0.05) is 6.07 Å². The Morgan fingerprint density at radius 2 is 2.04 bits per heavy atom. The smallest absolute Gasteiger partial charge is 0.331 e. The summed E-state index contributed by atoms with van der Waals surface area (Å²) in [4.78, 5) is 24.0. The summed E-state index contributed by atoms with van der Waals surface area (Å²) >= 11 is 4.58. The summed E-state index contributed by atoms with van der Waals surface area (Å²) in [5.74, 6) is 0.508. The quantitative estimate of drug-likeness (QED) is 0.439. The van der Waals surface area contributed by atoms with Crippen molar-refractivity contribution in [1.82, 2.24) is 0 Å². The molecule has 5 nitrogen and oxygen atoms in total. The lowest BCUT2D eigenvalue weighted by molar-refractivity contribution is -0.136. The first-order valence-electron chi connectivity index (χ1n) is 6.65. The summed E-state index contributed by atoms with van der Waals surface area (Å²) in [5.41, 5.74) is 0.778. The maximum atomic E-state index is 11.8. The third-order valence-electron chi connectivity index (χ3n) is 3.00. The predicted octanol–water partition coefficient (Wildman–Crippen LogP) is 3.68. The van der Waals surface area contributed by atoms with Crippen LogP contribution in [0.15, 0.2) is 40.2 Å². The van der Waals surface area contributed by atoms with Gasteiger partial charge < -0.3 is 14.2 Å². The summed E-state index contributed by atoms with van der Waals surface area (Å²) in [7, 11) is 0. The third-order valence-corrected chi connectivity index (χ3v) is 4.67. The molecule has 0 atom stereocenters. The molecule has 0 saturated carbocycles. The first kappa shape index (κ1) is 15.8. The molecule has 3 rings (SSSR count). The molecule has 23 heavy (non-hydrogen) atoms. The molecule has 0 spiro atoms. The van der Waals surface area contributed by atoms with E-state index in [9.17, 15) is 9.59 Å². The van der Waals surface area contributed by atoms with Gasteiger partial charge in [0.2, 0.25) is 12.6 Å². The van der Waals surface area contributed by atoms with Crippen LogP contribution in [0.3, 0.4) is 0 Å². The van der Waals surface area contributed by atoms with E-state index < -0.39 is 5.97 Å². The van der Waals surface area contributed by atoms with Crippen LogP contribution in [0, 0.1) is 0 Å². The second-order valence-electron chi connectivity index (χ2n) is 4.58. The minimum atomic E-state index is -0.577.